The molecule has 0 rings (SSSR count). The van der Waals surface area contributed by atoms with Crippen molar-refractivity contribution >= 4 is 23.7 Å². The second-order valence-electron chi connectivity index (χ2n) is 10.9. The van der Waals surface area contributed by atoms with Gasteiger partial charge in [0.1, 0.15) is 11.7 Å². The predicted molar refractivity (Wildman–Crippen MR) is 148 cm³/mol. The summed E-state index contributed by atoms with van der Waals surface area (Å²) in [5.41, 5.74) is -3.06. The maximum Gasteiger partial charge on any atom is 0.337 e. The Labute approximate surface area is 229 Å². The molecule has 38 heavy (non-hydrogen) atoms. The van der Waals surface area contributed by atoms with Crippen LogP contribution in [0.5, 0.6) is 0 Å². The molecule has 3 atom stereocenters. The van der Waals surface area contributed by atoms with E-state index in [4.69, 9.17) is 5.11 Å². The second-order valence-corrected chi connectivity index (χ2v) is 10.9. The first-order chi connectivity index (χ1) is 18.1. The Kier molecular flexibility index (Phi) is 20.8. The molecule has 8 nitrogen and oxygen atoms in total. The summed E-state index contributed by atoms with van der Waals surface area (Å²) in [6.45, 7) is 4.20. The summed E-state index contributed by atoms with van der Waals surface area (Å²) >= 11 is 0. The van der Waals surface area contributed by atoms with E-state index in [0.717, 1.165) is 38.5 Å². The number of aliphatic carboxylic acids is 3. The van der Waals surface area contributed by atoms with Crippen LogP contribution < -0.4 is 0 Å². The fraction of sp³-hybridized carbons (Fsp3) is 0.867. The van der Waals surface area contributed by atoms with Crippen molar-refractivity contribution < 1.29 is 39.6 Å². The number of Topliss-reactive ketones (excluding diaryl/α,β-unsaturated/α-hetero) is 1. The number of rotatable bonds is 27. The van der Waals surface area contributed by atoms with Crippen LogP contribution in [0.15, 0.2) is 0 Å². The van der Waals surface area contributed by atoms with E-state index in [1.165, 1.54) is 64.2 Å². The van der Waals surface area contributed by atoms with Crippen LogP contribution >= 0.6 is 0 Å². The van der Waals surface area contributed by atoms with Gasteiger partial charge in [-0.3, -0.25) is 14.4 Å². The summed E-state index contributed by atoms with van der Waals surface area (Å²) in [7, 11) is 0. The molecule has 3 unspecified atom stereocenters. The molecular formula is C30H54O8. The number of carbonyl (C=O) groups excluding carboxylic acids is 1. The van der Waals surface area contributed by atoms with Crippen molar-refractivity contribution in [3.05, 3.63) is 0 Å². The van der Waals surface area contributed by atoms with E-state index < -0.39 is 47.5 Å². The fourth-order valence-corrected chi connectivity index (χ4v) is 5.24. The van der Waals surface area contributed by atoms with Crippen molar-refractivity contribution in [2.24, 2.45) is 11.8 Å². The second kappa shape index (κ2) is 21.9. The van der Waals surface area contributed by atoms with E-state index >= 15 is 0 Å². The Balaban J connectivity index is 4.71. The minimum absolute atomic E-state index is 0.0871. The van der Waals surface area contributed by atoms with Gasteiger partial charge in [-0.25, -0.2) is 4.79 Å². The number of hydrogen-bond donors (Lipinski definition) is 4. The van der Waals surface area contributed by atoms with Crippen molar-refractivity contribution in [1.29, 1.82) is 0 Å². The average molecular weight is 543 g/mol. The van der Waals surface area contributed by atoms with Crippen molar-refractivity contribution in [1.82, 2.24) is 0 Å². The van der Waals surface area contributed by atoms with Crippen LogP contribution in [0.2, 0.25) is 0 Å². The zero-order chi connectivity index (χ0) is 28.8. The van der Waals surface area contributed by atoms with E-state index in [1.54, 1.807) is 0 Å². The first-order valence-electron chi connectivity index (χ1n) is 15.0. The van der Waals surface area contributed by atoms with Gasteiger partial charge in [-0.1, -0.05) is 123 Å². The number of carboxylic acid groups (broad SMARTS) is 3. The van der Waals surface area contributed by atoms with Crippen molar-refractivity contribution in [2.45, 2.75) is 154 Å². The smallest absolute Gasteiger partial charge is 0.337 e. The normalized spacial score (nSPS) is 14.5. The Morgan fingerprint density at radius 1 is 0.605 bits per heavy atom. The largest absolute Gasteiger partial charge is 0.481 e. The van der Waals surface area contributed by atoms with E-state index in [2.05, 4.69) is 6.92 Å². The molecule has 0 saturated heterocycles. The molecule has 4 N–H and O–H groups in total. The van der Waals surface area contributed by atoms with Gasteiger partial charge in [0.15, 0.2) is 5.60 Å². The van der Waals surface area contributed by atoms with Crippen molar-refractivity contribution in [3.63, 3.8) is 0 Å². The molecule has 0 bridgehead atoms. The summed E-state index contributed by atoms with van der Waals surface area (Å²) in [5.74, 6) is -8.91. The molecule has 222 valence electrons. The monoisotopic (exact) mass is 542 g/mol. The predicted octanol–water partition coefficient (Wildman–Crippen LogP) is 7.00. The van der Waals surface area contributed by atoms with Crippen LogP contribution in [0.4, 0.5) is 0 Å². The van der Waals surface area contributed by atoms with Crippen molar-refractivity contribution in [2.75, 3.05) is 0 Å². The van der Waals surface area contributed by atoms with E-state index in [0.29, 0.717) is 12.8 Å². The lowest BCUT2D eigenvalue weighted by molar-refractivity contribution is -0.184. The zero-order valence-corrected chi connectivity index (χ0v) is 23.9. The SMILES string of the molecule is CCCCCCCCCCCCCCCCCC(C(=O)CCCCC)C(C(=O)O)C(O)(CC(=O)O)C(=O)O. The Hall–Kier alpha value is -1.96. The highest BCUT2D eigenvalue weighted by molar-refractivity contribution is 5.94. The molecular weight excluding hydrogens is 488 g/mol. The number of carboxylic acids is 3. The van der Waals surface area contributed by atoms with Crippen molar-refractivity contribution in [3.8, 4) is 0 Å². The van der Waals surface area contributed by atoms with Gasteiger partial charge in [0, 0.05) is 12.3 Å². The summed E-state index contributed by atoms with van der Waals surface area (Å²) in [4.78, 5) is 48.2. The molecule has 0 aliphatic carbocycles. The molecule has 0 saturated carbocycles. The molecule has 0 fully saturated rings. The minimum atomic E-state index is -3.06. The minimum Gasteiger partial charge on any atom is -0.481 e. The lowest BCUT2D eigenvalue weighted by Gasteiger charge is -2.33. The number of ketones is 1. The first-order valence-corrected chi connectivity index (χ1v) is 15.0. The Morgan fingerprint density at radius 3 is 1.37 bits per heavy atom. The zero-order valence-electron chi connectivity index (χ0n) is 23.9. The Morgan fingerprint density at radius 2 is 1.00 bits per heavy atom. The molecule has 8 heteroatoms. The highest BCUT2D eigenvalue weighted by Crippen LogP contribution is 2.34. The number of unbranched alkanes of at least 4 members (excludes halogenated alkanes) is 16. The summed E-state index contributed by atoms with van der Waals surface area (Å²) in [5, 5.41) is 39.2. The van der Waals surface area contributed by atoms with Crippen LogP contribution in [0.25, 0.3) is 0 Å². The van der Waals surface area contributed by atoms with Crippen LogP contribution in [-0.4, -0.2) is 49.7 Å². The first kappa shape index (κ1) is 36.0. The van der Waals surface area contributed by atoms with Gasteiger partial charge in [-0.05, 0) is 12.8 Å². The van der Waals surface area contributed by atoms with Gasteiger partial charge in [0.25, 0.3) is 0 Å². The third kappa shape index (κ3) is 15.5. The number of carbonyl (C=O) groups is 4. The molecule has 0 radical (unpaired) electrons. The number of hydrogen-bond acceptors (Lipinski definition) is 5. The maximum absolute atomic E-state index is 13.0. The van der Waals surface area contributed by atoms with E-state index in [9.17, 15) is 34.5 Å². The van der Waals surface area contributed by atoms with Gasteiger partial charge in [-0.15, -0.1) is 0 Å². The summed E-state index contributed by atoms with van der Waals surface area (Å²) < 4.78 is 0. The quantitative estimate of drug-likeness (QED) is 0.0810. The topological polar surface area (TPSA) is 149 Å². The third-order valence-corrected chi connectivity index (χ3v) is 7.53. The lowest BCUT2D eigenvalue weighted by atomic mass is 9.71. The van der Waals surface area contributed by atoms with Gasteiger partial charge < -0.3 is 20.4 Å². The molecule has 0 heterocycles. The molecule has 0 aliphatic rings. The maximum atomic E-state index is 13.0. The highest BCUT2D eigenvalue weighted by atomic mass is 16.4. The lowest BCUT2D eigenvalue weighted by Crippen LogP contribution is -2.55. The molecule has 0 aromatic carbocycles. The van der Waals surface area contributed by atoms with Gasteiger partial charge >= 0.3 is 17.9 Å². The fourth-order valence-electron chi connectivity index (χ4n) is 5.24. The summed E-state index contributed by atoms with van der Waals surface area (Å²) in [6, 6.07) is 0. The van der Waals surface area contributed by atoms with Gasteiger partial charge in [0.2, 0.25) is 0 Å². The van der Waals surface area contributed by atoms with Crippen LogP contribution in [0.1, 0.15) is 149 Å². The third-order valence-electron chi connectivity index (χ3n) is 7.53. The molecule has 0 aromatic heterocycles. The standard InChI is InChI=1S/C30H54O8/c1-3-5-7-8-9-10-11-12-13-14-15-16-17-18-20-21-24(25(31)22-19-6-4-2)27(28(34)35)30(38,29(36)37)23-26(32)33/h24,27,38H,3-23H2,1-2H3,(H,32,33)(H,34,35)(H,36,37). The van der Waals surface area contributed by atoms with Crippen LogP contribution in [0, 0.1) is 11.8 Å². The van der Waals surface area contributed by atoms with Crippen LogP contribution in [0.3, 0.4) is 0 Å². The molecule has 0 spiro atoms. The number of aliphatic hydroxyl groups is 1. The van der Waals surface area contributed by atoms with Gasteiger partial charge in [-0.2, -0.15) is 0 Å². The van der Waals surface area contributed by atoms with E-state index in [1.807, 2.05) is 6.92 Å². The Bertz CT molecular complexity index is 677. The average Bonchev–Trinajstić information content (AvgIpc) is 2.84. The van der Waals surface area contributed by atoms with E-state index in [-0.39, 0.29) is 12.8 Å². The molecule has 0 aliphatic heterocycles. The molecule has 0 amide bonds. The molecule has 0 aromatic rings. The summed E-state index contributed by atoms with van der Waals surface area (Å²) in [6.07, 6.45) is 18.5. The highest BCUT2D eigenvalue weighted by Gasteiger charge is 2.54. The van der Waals surface area contributed by atoms with Crippen LogP contribution in [-0.2, 0) is 19.2 Å². The van der Waals surface area contributed by atoms with Gasteiger partial charge in [0.05, 0.1) is 6.42 Å².